The average Bonchev–Trinajstić information content (AvgIpc) is 2.78. The molecule has 0 bridgehead atoms. The second-order valence-corrected chi connectivity index (χ2v) is 5.83. The molecule has 1 fully saturated rings. The number of hydrogen-bond acceptors (Lipinski definition) is 3. The predicted molar refractivity (Wildman–Crippen MR) is 74.9 cm³/mol. The number of alkyl halides is 1. The van der Waals surface area contributed by atoms with Crippen LogP contribution in [-0.4, -0.2) is 28.4 Å². The Morgan fingerprint density at radius 2 is 2.29 bits per heavy atom. The van der Waals surface area contributed by atoms with Crippen molar-refractivity contribution in [3.05, 3.63) is 18.1 Å². The highest BCUT2D eigenvalue weighted by atomic mass is 79.9. The molecule has 1 atom stereocenters. The van der Waals surface area contributed by atoms with E-state index in [1.54, 1.807) is 6.33 Å². The average molecular weight is 298 g/mol. The fourth-order valence-electron chi connectivity index (χ4n) is 2.28. The van der Waals surface area contributed by atoms with Gasteiger partial charge in [-0.05, 0) is 24.7 Å². The molecule has 0 radical (unpaired) electrons. The molecule has 0 aromatic carbocycles. The molecule has 0 aliphatic carbocycles. The Labute approximate surface area is 112 Å². The van der Waals surface area contributed by atoms with Gasteiger partial charge in [0.15, 0.2) is 0 Å². The Morgan fingerprint density at radius 1 is 1.47 bits per heavy atom. The van der Waals surface area contributed by atoms with Gasteiger partial charge in [0.1, 0.15) is 12.1 Å². The summed E-state index contributed by atoms with van der Waals surface area (Å²) in [5.41, 5.74) is 1.14. The lowest BCUT2D eigenvalue weighted by Gasteiger charge is -2.18. The molecule has 17 heavy (non-hydrogen) atoms. The normalized spacial score (nSPS) is 20.2. The van der Waals surface area contributed by atoms with Crippen molar-refractivity contribution in [1.29, 1.82) is 0 Å². The Kier molecular flexibility index (Phi) is 4.37. The zero-order valence-electron chi connectivity index (χ0n) is 10.6. The Morgan fingerprint density at radius 3 is 3.00 bits per heavy atom. The maximum atomic E-state index is 4.40. The molecule has 1 saturated heterocycles. The molecule has 0 spiro atoms. The first kappa shape index (κ1) is 12.8. The van der Waals surface area contributed by atoms with Crippen LogP contribution in [0.5, 0.6) is 0 Å². The minimum atomic E-state index is 0.470. The first-order valence-corrected chi connectivity index (χ1v) is 7.45. The monoisotopic (exact) mass is 297 g/mol. The fraction of sp³-hybridized carbons (Fsp3) is 0.692. The highest BCUT2D eigenvalue weighted by Crippen LogP contribution is 2.25. The number of halogens is 1. The molecule has 1 aliphatic rings. The van der Waals surface area contributed by atoms with Crippen LogP contribution in [0.1, 0.15) is 38.3 Å². The number of nitrogens with zero attached hydrogens (tertiary/aromatic N) is 3. The van der Waals surface area contributed by atoms with Gasteiger partial charge in [-0.25, -0.2) is 9.97 Å². The quantitative estimate of drug-likeness (QED) is 0.799. The number of anilines is 1. The van der Waals surface area contributed by atoms with E-state index in [2.05, 4.69) is 50.7 Å². The van der Waals surface area contributed by atoms with E-state index in [-0.39, 0.29) is 0 Å². The van der Waals surface area contributed by atoms with Crippen LogP contribution in [0.3, 0.4) is 0 Å². The molecule has 4 heteroatoms. The van der Waals surface area contributed by atoms with Crippen molar-refractivity contribution in [2.45, 2.75) is 32.6 Å². The van der Waals surface area contributed by atoms with Crippen LogP contribution in [0.2, 0.25) is 0 Å². The fourth-order valence-corrected chi connectivity index (χ4v) is 2.93. The highest BCUT2D eigenvalue weighted by Gasteiger charge is 2.23. The third kappa shape index (κ3) is 3.18. The molecular formula is C13H20BrN3. The largest absolute Gasteiger partial charge is 0.356 e. The van der Waals surface area contributed by atoms with Crippen molar-refractivity contribution in [2.75, 3.05) is 23.3 Å². The summed E-state index contributed by atoms with van der Waals surface area (Å²) in [5.74, 6) is 2.38. The summed E-state index contributed by atoms with van der Waals surface area (Å²) in [4.78, 5) is 11.1. The topological polar surface area (TPSA) is 29.0 Å². The summed E-state index contributed by atoms with van der Waals surface area (Å²) in [7, 11) is 0. The van der Waals surface area contributed by atoms with Gasteiger partial charge < -0.3 is 4.90 Å². The van der Waals surface area contributed by atoms with Crippen LogP contribution in [0, 0.1) is 5.92 Å². The van der Waals surface area contributed by atoms with Gasteiger partial charge >= 0.3 is 0 Å². The van der Waals surface area contributed by atoms with E-state index in [1.165, 1.54) is 12.8 Å². The van der Waals surface area contributed by atoms with E-state index < -0.39 is 0 Å². The van der Waals surface area contributed by atoms with Gasteiger partial charge in [-0.15, -0.1) is 0 Å². The number of rotatable bonds is 4. The third-order valence-electron chi connectivity index (χ3n) is 3.39. The maximum Gasteiger partial charge on any atom is 0.132 e. The predicted octanol–water partition coefficient (Wildman–Crippen LogP) is 3.21. The molecular weight excluding hydrogens is 278 g/mol. The summed E-state index contributed by atoms with van der Waals surface area (Å²) in [6, 6.07) is 2.14. The van der Waals surface area contributed by atoms with Crippen molar-refractivity contribution in [1.82, 2.24) is 9.97 Å². The molecule has 1 unspecified atom stereocenters. The standard InChI is InChI=1S/C13H20BrN3/c1-10(2)12-7-13(16-9-15-12)17-6-4-11(8-17)3-5-14/h7,9-11H,3-6,8H2,1-2H3. The Bertz CT molecular complexity index is 367. The third-order valence-corrected chi connectivity index (χ3v) is 3.85. The molecule has 1 aromatic heterocycles. The lowest BCUT2D eigenvalue weighted by Crippen LogP contribution is -2.21. The second kappa shape index (κ2) is 5.80. The molecule has 2 heterocycles. The van der Waals surface area contributed by atoms with Crippen LogP contribution in [0.4, 0.5) is 5.82 Å². The first-order valence-electron chi connectivity index (χ1n) is 6.33. The van der Waals surface area contributed by atoms with Crippen molar-refractivity contribution in [3.8, 4) is 0 Å². The van der Waals surface area contributed by atoms with Crippen molar-refractivity contribution in [3.63, 3.8) is 0 Å². The minimum Gasteiger partial charge on any atom is -0.356 e. The zero-order valence-corrected chi connectivity index (χ0v) is 12.2. The zero-order chi connectivity index (χ0) is 12.3. The van der Waals surface area contributed by atoms with Crippen LogP contribution in [0.15, 0.2) is 12.4 Å². The SMILES string of the molecule is CC(C)c1cc(N2CCC(CCBr)C2)ncn1. The van der Waals surface area contributed by atoms with E-state index >= 15 is 0 Å². The van der Waals surface area contributed by atoms with Gasteiger partial charge in [-0.3, -0.25) is 0 Å². The van der Waals surface area contributed by atoms with Crippen LogP contribution < -0.4 is 4.90 Å². The molecule has 0 saturated carbocycles. The lowest BCUT2D eigenvalue weighted by atomic mass is 10.1. The smallest absolute Gasteiger partial charge is 0.132 e. The Balaban J connectivity index is 2.05. The van der Waals surface area contributed by atoms with Gasteiger partial charge in [-0.2, -0.15) is 0 Å². The van der Waals surface area contributed by atoms with Gasteiger partial charge in [-0.1, -0.05) is 29.8 Å². The molecule has 2 rings (SSSR count). The highest BCUT2D eigenvalue weighted by molar-refractivity contribution is 9.09. The van der Waals surface area contributed by atoms with Crippen LogP contribution in [-0.2, 0) is 0 Å². The van der Waals surface area contributed by atoms with Gasteiger partial charge in [0.05, 0.1) is 0 Å². The van der Waals surface area contributed by atoms with E-state index in [9.17, 15) is 0 Å². The van der Waals surface area contributed by atoms with E-state index in [4.69, 9.17) is 0 Å². The summed E-state index contributed by atoms with van der Waals surface area (Å²) < 4.78 is 0. The molecule has 1 aliphatic heterocycles. The van der Waals surface area contributed by atoms with E-state index in [1.807, 2.05) is 0 Å². The molecule has 1 aromatic rings. The van der Waals surface area contributed by atoms with Gasteiger partial charge in [0.2, 0.25) is 0 Å². The second-order valence-electron chi connectivity index (χ2n) is 5.03. The van der Waals surface area contributed by atoms with Crippen molar-refractivity contribution in [2.24, 2.45) is 5.92 Å². The van der Waals surface area contributed by atoms with Gasteiger partial charge in [0, 0.05) is 30.2 Å². The molecule has 3 nitrogen and oxygen atoms in total. The Hall–Kier alpha value is -0.640. The first-order chi connectivity index (χ1) is 8.20. The molecule has 94 valence electrons. The number of aromatic nitrogens is 2. The van der Waals surface area contributed by atoms with Crippen molar-refractivity contribution >= 4 is 21.7 Å². The lowest BCUT2D eigenvalue weighted by molar-refractivity contribution is 0.575. The van der Waals surface area contributed by atoms with E-state index in [0.29, 0.717) is 5.92 Å². The summed E-state index contributed by atoms with van der Waals surface area (Å²) in [6.07, 6.45) is 4.24. The van der Waals surface area contributed by atoms with E-state index in [0.717, 1.165) is 35.8 Å². The van der Waals surface area contributed by atoms with Crippen molar-refractivity contribution < 1.29 is 0 Å². The van der Waals surface area contributed by atoms with Gasteiger partial charge in [0.25, 0.3) is 0 Å². The summed E-state index contributed by atoms with van der Waals surface area (Å²) in [6.45, 7) is 6.61. The molecule has 0 N–H and O–H groups in total. The van der Waals surface area contributed by atoms with Crippen LogP contribution in [0.25, 0.3) is 0 Å². The number of hydrogen-bond donors (Lipinski definition) is 0. The minimum absolute atomic E-state index is 0.470. The summed E-state index contributed by atoms with van der Waals surface area (Å²) >= 11 is 3.52. The summed E-state index contributed by atoms with van der Waals surface area (Å²) in [5, 5.41) is 1.10. The maximum absolute atomic E-state index is 4.40. The molecule has 0 amide bonds. The van der Waals surface area contributed by atoms with Crippen LogP contribution >= 0.6 is 15.9 Å².